The van der Waals surface area contributed by atoms with E-state index in [1.54, 1.807) is 0 Å². The van der Waals surface area contributed by atoms with Crippen LogP contribution < -0.4 is 10.6 Å². The number of nitrogens with one attached hydrogen (secondary N) is 2. The SMILES string of the molecule is CC/C=C\C/C=C\C/C=C\CCCCCC(=O)OC(CCCCC)CCCCCC(=O)NCC(=O)NC(CO)C(=O)O. The molecule has 0 saturated carbocycles. The summed E-state index contributed by atoms with van der Waals surface area (Å²) in [6.07, 6.45) is 27.8. The molecule has 0 aromatic heterocycles. The van der Waals surface area contributed by atoms with E-state index >= 15 is 0 Å². The lowest BCUT2D eigenvalue weighted by atomic mass is 10.0. The zero-order chi connectivity index (χ0) is 31.3. The topological polar surface area (TPSA) is 142 Å². The van der Waals surface area contributed by atoms with E-state index in [1.807, 2.05) is 0 Å². The largest absolute Gasteiger partial charge is 0.480 e. The van der Waals surface area contributed by atoms with Crippen molar-refractivity contribution in [3.63, 3.8) is 0 Å². The summed E-state index contributed by atoms with van der Waals surface area (Å²) in [6, 6.07) is -1.39. The van der Waals surface area contributed by atoms with Crippen LogP contribution in [0.5, 0.6) is 0 Å². The highest BCUT2D eigenvalue weighted by atomic mass is 16.5. The lowest BCUT2D eigenvalue weighted by molar-refractivity contribution is -0.150. The Morgan fingerprint density at radius 2 is 1.36 bits per heavy atom. The van der Waals surface area contributed by atoms with Crippen molar-refractivity contribution >= 4 is 23.8 Å². The maximum Gasteiger partial charge on any atom is 0.328 e. The van der Waals surface area contributed by atoms with Gasteiger partial charge in [0, 0.05) is 12.8 Å². The molecule has 9 heteroatoms. The molecular weight excluding hydrogens is 536 g/mol. The van der Waals surface area contributed by atoms with E-state index in [-0.39, 0.29) is 30.9 Å². The number of aliphatic hydroxyl groups is 1. The molecule has 0 spiro atoms. The highest BCUT2D eigenvalue weighted by molar-refractivity contribution is 5.87. The molecule has 0 fully saturated rings. The number of hydrogen-bond acceptors (Lipinski definition) is 6. The van der Waals surface area contributed by atoms with Crippen molar-refractivity contribution in [2.75, 3.05) is 13.2 Å². The molecule has 0 aliphatic heterocycles. The normalized spacial score (nSPS) is 13.0. The average molecular weight is 593 g/mol. The first-order valence-electron chi connectivity index (χ1n) is 15.9. The van der Waals surface area contributed by atoms with Crippen molar-refractivity contribution in [2.24, 2.45) is 0 Å². The number of esters is 1. The molecule has 0 heterocycles. The Kier molecular flexibility index (Phi) is 26.2. The van der Waals surface area contributed by atoms with Gasteiger partial charge in [-0.2, -0.15) is 0 Å². The maximum atomic E-state index is 12.4. The Morgan fingerprint density at radius 3 is 2.00 bits per heavy atom. The number of carboxylic acids is 1. The molecule has 0 aromatic carbocycles. The lowest BCUT2D eigenvalue weighted by Gasteiger charge is -2.18. The zero-order valence-electron chi connectivity index (χ0n) is 26.0. The number of unbranched alkanes of at least 4 members (excludes halogenated alkanes) is 7. The van der Waals surface area contributed by atoms with Gasteiger partial charge in [0.25, 0.3) is 0 Å². The van der Waals surface area contributed by atoms with E-state index in [4.69, 9.17) is 14.9 Å². The number of aliphatic carboxylic acids is 1. The number of amides is 2. The van der Waals surface area contributed by atoms with Crippen LogP contribution in [0.3, 0.4) is 0 Å². The lowest BCUT2D eigenvalue weighted by Crippen LogP contribution is -2.47. The second-order valence-electron chi connectivity index (χ2n) is 10.5. The molecule has 9 nitrogen and oxygen atoms in total. The predicted molar refractivity (Wildman–Crippen MR) is 167 cm³/mol. The fraction of sp³-hybridized carbons (Fsp3) is 0.697. The minimum Gasteiger partial charge on any atom is -0.480 e. The van der Waals surface area contributed by atoms with Crippen LogP contribution >= 0.6 is 0 Å². The van der Waals surface area contributed by atoms with Crippen LogP contribution in [-0.4, -0.2) is 59.3 Å². The molecule has 4 N–H and O–H groups in total. The number of carbonyl (C=O) groups is 4. The van der Waals surface area contributed by atoms with Crippen LogP contribution in [0.2, 0.25) is 0 Å². The summed E-state index contributed by atoms with van der Waals surface area (Å²) in [5.41, 5.74) is 0. The zero-order valence-corrected chi connectivity index (χ0v) is 26.0. The van der Waals surface area contributed by atoms with Gasteiger partial charge >= 0.3 is 11.9 Å². The number of ether oxygens (including phenoxy) is 1. The van der Waals surface area contributed by atoms with Gasteiger partial charge in [-0.25, -0.2) is 4.79 Å². The van der Waals surface area contributed by atoms with Gasteiger partial charge in [-0.3, -0.25) is 14.4 Å². The number of hydrogen-bond donors (Lipinski definition) is 4. The molecule has 0 aliphatic rings. The molecule has 2 atom stereocenters. The van der Waals surface area contributed by atoms with Crippen molar-refractivity contribution in [1.29, 1.82) is 0 Å². The van der Waals surface area contributed by atoms with E-state index in [2.05, 4.69) is 60.9 Å². The molecule has 42 heavy (non-hydrogen) atoms. The second kappa shape index (κ2) is 28.2. The van der Waals surface area contributed by atoms with E-state index in [9.17, 15) is 19.2 Å². The highest BCUT2D eigenvalue weighted by Gasteiger charge is 2.19. The Morgan fingerprint density at radius 1 is 0.738 bits per heavy atom. The van der Waals surface area contributed by atoms with Crippen LogP contribution in [0.15, 0.2) is 36.5 Å². The Hall–Kier alpha value is -2.94. The van der Waals surface area contributed by atoms with Gasteiger partial charge in [0.2, 0.25) is 11.8 Å². The number of rotatable bonds is 27. The van der Waals surface area contributed by atoms with Gasteiger partial charge in [0.15, 0.2) is 0 Å². The first kappa shape index (κ1) is 39.1. The first-order chi connectivity index (χ1) is 20.3. The molecule has 240 valence electrons. The number of carboxylic acid groups (broad SMARTS) is 1. The van der Waals surface area contributed by atoms with Crippen LogP contribution in [0.4, 0.5) is 0 Å². The fourth-order valence-electron chi connectivity index (χ4n) is 4.20. The van der Waals surface area contributed by atoms with E-state index in [1.165, 1.54) is 0 Å². The summed E-state index contributed by atoms with van der Waals surface area (Å²) >= 11 is 0. The second-order valence-corrected chi connectivity index (χ2v) is 10.5. The molecule has 0 saturated heterocycles. The van der Waals surface area contributed by atoms with Crippen molar-refractivity contribution in [2.45, 2.75) is 135 Å². The molecule has 0 rings (SSSR count). The van der Waals surface area contributed by atoms with Crippen LogP contribution in [-0.2, 0) is 23.9 Å². The van der Waals surface area contributed by atoms with Gasteiger partial charge in [0.05, 0.1) is 13.2 Å². The summed E-state index contributed by atoms with van der Waals surface area (Å²) < 4.78 is 5.81. The van der Waals surface area contributed by atoms with Crippen molar-refractivity contribution < 1.29 is 34.1 Å². The number of allylic oxidation sites excluding steroid dienone is 6. The van der Waals surface area contributed by atoms with Gasteiger partial charge in [-0.1, -0.05) is 76.0 Å². The quantitative estimate of drug-likeness (QED) is 0.0527. The molecule has 0 radical (unpaired) electrons. The minimum atomic E-state index is -1.39. The Balaban J connectivity index is 4.11. The molecule has 2 amide bonds. The van der Waals surface area contributed by atoms with Crippen LogP contribution in [0, 0.1) is 0 Å². The molecule has 2 unspecified atom stereocenters. The predicted octanol–water partition coefficient (Wildman–Crippen LogP) is 5.92. The first-order valence-corrected chi connectivity index (χ1v) is 15.9. The van der Waals surface area contributed by atoms with Gasteiger partial charge < -0.3 is 25.6 Å². The summed E-state index contributed by atoms with van der Waals surface area (Å²) in [5.74, 6) is -2.44. The summed E-state index contributed by atoms with van der Waals surface area (Å²) in [4.78, 5) is 47.0. The van der Waals surface area contributed by atoms with Gasteiger partial charge in [-0.05, 0) is 70.6 Å². The van der Waals surface area contributed by atoms with Gasteiger partial charge in [-0.15, -0.1) is 0 Å². The third kappa shape index (κ3) is 24.8. The van der Waals surface area contributed by atoms with Crippen LogP contribution in [0.1, 0.15) is 123 Å². The number of carbonyl (C=O) groups excluding carboxylic acids is 3. The summed E-state index contributed by atoms with van der Waals surface area (Å²) in [6.45, 7) is 3.21. The smallest absolute Gasteiger partial charge is 0.328 e. The van der Waals surface area contributed by atoms with Crippen molar-refractivity contribution in [3.05, 3.63) is 36.5 Å². The van der Waals surface area contributed by atoms with Crippen molar-refractivity contribution in [3.8, 4) is 0 Å². The summed E-state index contributed by atoms with van der Waals surface area (Å²) in [5, 5.41) is 22.4. The van der Waals surface area contributed by atoms with E-state index in [0.29, 0.717) is 12.8 Å². The fourth-order valence-corrected chi connectivity index (χ4v) is 4.20. The highest BCUT2D eigenvalue weighted by Crippen LogP contribution is 2.17. The maximum absolute atomic E-state index is 12.4. The third-order valence-corrected chi connectivity index (χ3v) is 6.65. The van der Waals surface area contributed by atoms with E-state index in [0.717, 1.165) is 89.9 Å². The standard InChI is InChI=1S/C33H56N2O7/c1-3-5-7-8-9-10-11-12-13-14-15-16-21-25-32(39)42-28(22-18-6-4-2)23-19-17-20-24-30(37)34-26-31(38)35-29(27-36)33(40)41/h5,7,9-10,12-13,28-29,36H,3-4,6,8,11,14-27H2,1-2H3,(H,34,37)(H,35,38)(H,40,41)/b7-5-,10-9-,13-12-. The average Bonchev–Trinajstić information content (AvgIpc) is 2.96. The summed E-state index contributed by atoms with van der Waals surface area (Å²) in [7, 11) is 0. The molecular formula is C33H56N2O7. The van der Waals surface area contributed by atoms with Crippen molar-refractivity contribution in [1.82, 2.24) is 10.6 Å². The van der Waals surface area contributed by atoms with Gasteiger partial charge in [0.1, 0.15) is 12.1 Å². The third-order valence-electron chi connectivity index (χ3n) is 6.65. The number of aliphatic hydroxyl groups excluding tert-OH is 1. The Labute approximate surface area is 253 Å². The molecule has 0 bridgehead atoms. The van der Waals surface area contributed by atoms with E-state index < -0.39 is 24.5 Å². The molecule has 0 aromatic rings. The molecule has 0 aliphatic carbocycles. The minimum absolute atomic E-state index is 0.0938. The van der Waals surface area contributed by atoms with Crippen LogP contribution in [0.25, 0.3) is 0 Å². The monoisotopic (exact) mass is 592 g/mol. The Bertz CT molecular complexity index is 823.